The van der Waals surface area contributed by atoms with Gasteiger partial charge in [0, 0.05) is 56.9 Å². The number of nitrogens with two attached hydrogens (primary N) is 1. The van der Waals surface area contributed by atoms with Gasteiger partial charge in [0.15, 0.2) is 0 Å². The number of ketones is 1. The van der Waals surface area contributed by atoms with E-state index in [1.807, 2.05) is 0 Å². The first kappa shape index (κ1) is 19.4. The molecule has 0 bridgehead atoms. The van der Waals surface area contributed by atoms with Crippen molar-refractivity contribution in [1.29, 1.82) is 0 Å². The van der Waals surface area contributed by atoms with E-state index in [-0.39, 0.29) is 0 Å². The van der Waals surface area contributed by atoms with Crippen LogP contribution in [0.2, 0.25) is 0 Å². The topological polar surface area (TPSA) is 49.6 Å². The Kier molecular flexibility index (Phi) is 6.88. The number of anilines is 2. The van der Waals surface area contributed by atoms with Gasteiger partial charge in [0.1, 0.15) is 5.78 Å². The quantitative estimate of drug-likeness (QED) is 0.774. The van der Waals surface area contributed by atoms with Crippen molar-refractivity contribution >= 4 is 17.2 Å². The molecule has 4 nitrogen and oxygen atoms in total. The molecule has 1 aliphatic rings. The third kappa shape index (κ3) is 5.33. The van der Waals surface area contributed by atoms with Crippen LogP contribution in [0.5, 0.6) is 0 Å². The van der Waals surface area contributed by atoms with Crippen LogP contribution in [0.25, 0.3) is 0 Å². The predicted octanol–water partition coefficient (Wildman–Crippen LogP) is 3.77. The minimum absolute atomic E-state index is 0.372. The van der Waals surface area contributed by atoms with Crippen LogP contribution in [0, 0.1) is 0 Å². The highest BCUT2D eigenvalue weighted by atomic mass is 16.1. The average molecular weight is 366 g/mol. The molecule has 1 fully saturated rings. The maximum Gasteiger partial charge on any atom is 0.133 e. The van der Waals surface area contributed by atoms with Crippen LogP contribution in [-0.4, -0.2) is 32.0 Å². The van der Waals surface area contributed by atoms with E-state index in [2.05, 4.69) is 65.3 Å². The highest BCUT2D eigenvalue weighted by molar-refractivity contribution is 5.78. The Morgan fingerprint density at radius 2 is 1.30 bits per heavy atom. The summed E-state index contributed by atoms with van der Waals surface area (Å²) >= 11 is 0. The number of benzene rings is 2. The fourth-order valence-electron chi connectivity index (χ4n) is 3.63. The number of carbonyl (C=O) groups excluding carboxylic acids is 1. The van der Waals surface area contributed by atoms with E-state index in [0.717, 1.165) is 39.0 Å². The van der Waals surface area contributed by atoms with Gasteiger partial charge in [-0.1, -0.05) is 31.2 Å². The van der Waals surface area contributed by atoms with Crippen LogP contribution in [0.3, 0.4) is 0 Å². The van der Waals surface area contributed by atoms with Crippen LogP contribution in [0.15, 0.2) is 48.5 Å². The van der Waals surface area contributed by atoms with Crippen molar-refractivity contribution in [3.8, 4) is 0 Å². The molecule has 0 aliphatic carbocycles. The van der Waals surface area contributed by atoms with E-state index >= 15 is 0 Å². The summed E-state index contributed by atoms with van der Waals surface area (Å²) in [6.07, 6.45) is 3.17. The summed E-state index contributed by atoms with van der Waals surface area (Å²) in [6.45, 7) is 6.74. The van der Waals surface area contributed by atoms with Crippen molar-refractivity contribution in [2.24, 2.45) is 5.73 Å². The Morgan fingerprint density at radius 1 is 0.815 bits per heavy atom. The molecule has 0 atom stereocenters. The minimum atomic E-state index is 0.372. The van der Waals surface area contributed by atoms with Gasteiger partial charge in [0.2, 0.25) is 0 Å². The average Bonchev–Trinajstić information content (AvgIpc) is 2.73. The second kappa shape index (κ2) is 9.56. The van der Waals surface area contributed by atoms with Crippen molar-refractivity contribution < 1.29 is 4.79 Å². The van der Waals surface area contributed by atoms with Crippen molar-refractivity contribution in [2.45, 2.75) is 39.2 Å². The molecule has 3 rings (SSSR count). The van der Waals surface area contributed by atoms with E-state index in [1.54, 1.807) is 0 Å². The zero-order chi connectivity index (χ0) is 19.1. The van der Waals surface area contributed by atoms with Crippen molar-refractivity contribution in [3.05, 3.63) is 59.7 Å². The van der Waals surface area contributed by atoms with E-state index in [4.69, 9.17) is 5.73 Å². The second-order valence-electron chi connectivity index (χ2n) is 7.30. The van der Waals surface area contributed by atoms with Crippen molar-refractivity contribution in [3.63, 3.8) is 0 Å². The lowest BCUT2D eigenvalue weighted by Gasteiger charge is -2.37. The molecule has 27 heavy (non-hydrogen) atoms. The van der Waals surface area contributed by atoms with E-state index in [0.29, 0.717) is 25.2 Å². The lowest BCUT2D eigenvalue weighted by atomic mass is 10.0. The molecule has 0 amide bonds. The maximum atomic E-state index is 11.7. The maximum absolute atomic E-state index is 11.7. The third-order valence-corrected chi connectivity index (χ3v) is 5.34. The third-order valence-electron chi connectivity index (χ3n) is 5.34. The molecule has 1 aliphatic heterocycles. The Bertz CT molecular complexity index is 716. The fourth-order valence-corrected chi connectivity index (χ4v) is 3.63. The van der Waals surface area contributed by atoms with Gasteiger partial charge in [0.05, 0.1) is 0 Å². The van der Waals surface area contributed by atoms with Gasteiger partial charge in [-0.05, 0) is 48.2 Å². The standard InChI is InChI=1S/C23H31N3O/c1-2-3-23(27)13-8-19-4-9-21(10-5-19)25-14-16-26(17-15-25)22-11-6-20(18-24)7-12-22/h4-7,9-12H,2-3,8,13-18,24H2,1H3. The minimum Gasteiger partial charge on any atom is -0.368 e. The summed E-state index contributed by atoms with van der Waals surface area (Å²) in [5.74, 6) is 0.372. The molecule has 0 unspecified atom stereocenters. The van der Waals surface area contributed by atoms with E-state index in [1.165, 1.54) is 22.5 Å². The Balaban J connectivity index is 1.50. The molecule has 2 aromatic rings. The SMILES string of the molecule is CCCC(=O)CCc1ccc(N2CCN(c3ccc(CN)cc3)CC2)cc1. The molecule has 4 heteroatoms. The largest absolute Gasteiger partial charge is 0.368 e. The molecular weight excluding hydrogens is 334 g/mol. The van der Waals surface area contributed by atoms with Crippen molar-refractivity contribution in [1.82, 2.24) is 0 Å². The number of hydrogen-bond donors (Lipinski definition) is 1. The van der Waals surface area contributed by atoms with E-state index in [9.17, 15) is 4.79 Å². The number of rotatable bonds is 8. The molecule has 0 radical (unpaired) electrons. The van der Waals surface area contributed by atoms with Crippen LogP contribution >= 0.6 is 0 Å². The highest BCUT2D eigenvalue weighted by Gasteiger charge is 2.17. The molecule has 0 aromatic heterocycles. The van der Waals surface area contributed by atoms with Gasteiger partial charge >= 0.3 is 0 Å². The van der Waals surface area contributed by atoms with Gasteiger partial charge in [-0.3, -0.25) is 4.79 Å². The first-order valence-electron chi connectivity index (χ1n) is 10.1. The smallest absolute Gasteiger partial charge is 0.133 e. The second-order valence-corrected chi connectivity index (χ2v) is 7.30. The summed E-state index contributed by atoms with van der Waals surface area (Å²) in [4.78, 5) is 16.6. The van der Waals surface area contributed by atoms with Gasteiger partial charge in [-0.2, -0.15) is 0 Å². The number of nitrogens with zero attached hydrogens (tertiary/aromatic N) is 2. The van der Waals surface area contributed by atoms with Gasteiger partial charge in [-0.15, -0.1) is 0 Å². The zero-order valence-electron chi connectivity index (χ0n) is 16.4. The molecular formula is C23H31N3O. The zero-order valence-corrected chi connectivity index (χ0v) is 16.4. The molecule has 1 saturated heterocycles. The number of hydrogen-bond acceptors (Lipinski definition) is 4. The summed E-state index contributed by atoms with van der Waals surface area (Å²) in [7, 11) is 0. The monoisotopic (exact) mass is 365 g/mol. The number of aryl methyl sites for hydroxylation is 1. The molecule has 144 valence electrons. The summed E-state index contributed by atoms with van der Waals surface area (Å²) in [5, 5.41) is 0. The van der Waals surface area contributed by atoms with E-state index < -0.39 is 0 Å². The molecule has 0 saturated carbocycles. The Morgan fingerprint density at radius 3 is 1.74 bits per heavy atom. The lowest BCUT2D eigenvalue weighted by Crippen LogP contribution is -2.46. The van der Waals surface area contributed by atoms with Gasteiger partial charge in [0.25, 0.3) is 0 Å². The van der Waals surface area contributed by atoms with Crippen LogP contribution in [0.1, 0.15) is 37.3 Å². The van der Waals surface area contributed by atoms with Crippen LogP contribution < -0.4 is 15.5 Å². The molecule has 2 N–H and O–H groups in total. The molecule has 0 spiro atoms. The fraction of sp³-hybridized carbons (Fsp3) is 0.435. The van der Waals surface area contributed by atoms with Gasteiger partial charge < -0.3 is 15.5 Å². The van der Waals surface area contributed by atoms with Crippen molar-refractivity contribution in [2.75, 3.05) is 36.0 Å². The first-order chi connectivity index (χ1) is 13.2. The number of piperazine rings is 1. The van der Waals surface area contributed by atoms with Crippen LogP contribution in [-0.2, 0) is 17.8 Å². The number of carbonyl (C=O) groups is 1. The molecule has 2 aromatic carbocycles. The summed E-state index contributed by atoms with van der Waals surface area (Å²) in [6, 6.07) is 17.3. The number of Topliss-reactive ketones (excluding diaryl/α,β-unsaturated/α-hetero) is 1. The predicted molar refractivity (Wildman–Crippen MR) is 113 cm³/mol. The Labute approximate surface area is 163 Å². The summed E-state index contributed by atoms with van der Waals surface area (Å²) < 4.78 is 0. The lowest BCUT2D eigenvalue weighted by molar-refractivity contribution is -0.119. The molecule has 1 heterocycles. The van der Waals surface area contributed by atoms with Gasteiger partial charge in [-0.25, -0.2) is 0 Å². The summed E-state index contributed by atoms with van der Waals surface area (Å²) in [5.41, 5.74) is 10.7. The first-order valence-corrected chi connectivity index (χ1v) is 10.1. The normalized spacial score (nSPS) is 14.4. The van der Waals surface area contributed by atoms with Crippen LogP contribution in [0.4, 0.5) is 11.4 Å². The highest BCUT2D eigenvalue weighted by Crippen LogP contribution is 2.22. The Hall–Kier alpha value is -2.33.